The average molecular weight is 406 g/mol. The number of carbonyl (C=O) groups excluding carboxylic acids is 1. The number of rotatable bonds is 2. The molecule has 146 valence electrons. The van der Waals surface area contributed by atoms with Gasteiger partial charge in [0.15, 0.2) is 5.60 Å². The van der Waals surface area contributed by atoms with Crippen LogP contribution in [0, 0.1) is 0 Å². The van der Waals surface area contributed by atoms with Crippen molar-refractivity contribution < 1.29 is 9.53 Å². The average Bonchev–Trinajstić information content (AvgIpc) is 3.12. The first-order valence-electron chi connectivity index (χ1n) is 10.5. The number of fused-ring (bicyclic) bond motifs is 3. The molecule has 0 spiro atoms. The zero-order valence-corrected chi connectivity index (χ0v) is 17.2. The Balaban J connectivity index is 1.66. The first-order chi connectivity index (χ1) is 15.5. The third-order valence-corrected chi connectivity index (χ3v) is 6.31. The summed E-state index contributed by atoms with van der Waals surface area (Å²) in [5.41, 5.74) is 3.60. The molecule has 5 aromatic carbocycles. The van der Waals surface area contributed by atoms with Gasteiger partial charge in [-0.05, 0) is 39.7 Å². The quantitative estimate of drug-likeness (QED) is 0.327. The van der Waals surface area contributed by atoms with E-state index in [1.807, 2.05) is 84.9 Å². The highest BCUT2D eigenvalue weighted by atomic mass is 16.6. The summed E-state index contributed by atoms with van der Waals surface area (Å²) in [5.74, 6) is -0.324. The van der Waals surface area contributed by atoms with Crippen molar-refractivity contribution >= 4 is 54.1 Å². The Labute approximate surface area is 188 Å². The van der Waals surface area contributed by atoms with E-state index in [0.717, 1.165) is 38.2 Å². The summed E-state index contributed by atoms with van der Waals surface area (Å²) < 4.78 is 6.25. The Morgan fingerprint density at radius 3 is 1.69 bits per heavy atom. The van der Waals surface area contributed by atoms with E-state index in [-0.39, 0.29) is 5.97 Å². The molecule has 1 aliphatic rings. The fraction of sp³-hybridized carbons (Fsp3) is 0.0357. The van der Waals surface area contributed by atoms with Gasteiger partial charge >= 0.3 is 5.97 Å². The Morgan fingerprint density at radius 2 is 1.09 bits per heavy atom. The molecule has 1 heterocycles. The molecular formula is C28H16B2O2. The number of hydrogen-bond donors (Lipinski definition) is 0. The summed E-state index contributed by atoms with van der Waals surface area (Å²) in [6.45, 7) is 0. The number of hydrogen-bond acceptors (Lipinski definition) is 2. The SMILES string of the molecule is [B]c1ccc2cc(C3(c4ccc5cc([B])ccc5c4)OC(=O)c4ccccc43)ccc2c1. The normalized spacial score (nSPS) is 14.4. The zero-order valence-electron chi connectivity index (χ0n) is 17.2. The van der Waals surface area contributed by atoms with Crippen molar-refractivity contribution in [3.63, 3.8) is 0 Å². The molecule has 4 radical (unpaired) electrons. The van der Waals surface area contributed by atoms with Crippen molar-refractivity contribution in [3.8, 4) is 0 Å². The van der Waals surface area contributed by atoms with Crippen LogP contribution in [0.15, 0.2) is 97.1 Å². The maximum Gasteiger partial charge on any atom is 0.340 e. The highest BCUT2D eigenvalue weighted by molar-refractivity contribution is 6.33. The van der Waals surface area contributed by atoms with Gasteiger partial charge in [-0.25, -0.2) is 4.79 Å². The van der Waals surface area contributed by atoms with Gasteiger partial charge in [-0.1, -0.05) is 89.8 Å². The van der Waals surface area contributed by atoms with Gasteiger partial charge in [-0.3, -0.25) is 0 Å². The fourth-order valence-corrected chi connectivity index (χ4v) is 4.78. The van der Waals surface area contributed by atoms with Crippen LogP contribution in [0.25, 0.3) is 21.5 Å². The molecule has 2 nitrogen and oxygen atoms in total. The summed E-state index contributed by atoms with van der Waals surface area (Å²) in [4.78, 5) is 13.0. The Bertz CT molecular complexity index is 1470. The number of carbonyl (C=O) groups is 1. The van der Waals surface area contributed by atoms with Gasteiger partial charge < -0.3 is 4.74 Å². The molecule has 0 saturated heterocycles. The summed E-state index contributed by atoms with van der Waals surface area (Å²) in [5, 5.41) is 4.14. The molecule has 0 bridgehead atoms. The molecule has 0 N–H and O–H groups in total. The topological polar surface area (TPSA) is 26.3 Å². The van der Waals surface area contributed by atoms with Gasteiger partial charge in [0.05, 0.1) is 5.56 Å². The largest absolute Gasteiger partial charge is 0.441 e. The second-order valence-electron chi connectivity index (χ2n) is 8.26. The van der Waals surface area contributed by atoms with Crippen LogP contribution in [0.1, 0.15) is 27.0 Å². The Hall–Kier alpha value is -3.78. The van der Waals surface area contributed by atoms with Gasteiger partial charge in [0.2, 0.25) is 0 Å². The predicted octanol–water partition coefficient (Wildman–Crippen LogP) is 4.04. The molecule has 0 unspecified atom stereocenters. The number of esters is 1. The van der Waals surface area contributed by atoms with Gasteiger partial charge in [0.1, 0.15) is 15.7 Å². The van der Waals surface area contributed by atoms with E-state index >= 15 is 0 Å². The Kier molecular flexibility index (Phi) is 4.06. The Morgan fingerprint density at radius 1 is 0.594 bits per heavy atom. The van der Waals surface area contributed by atoms with Crippen molar-refractivity contribution in [2.45, 2.75) is 5.60 Å². The molecule has 0 atom stereocenters. The standard InChI is InChI=1S/C28H16B2O2/c29-23-11-7-17-13-21(9-5-19(17)15-23)28(26-4-2-1-3-25(26)27(31)32-28)22-10-6-20-16-24(30)12-8-18(20)14-22/h1-16H. The molecule has 5 aromatic rings. The molecule has 32 heavy (non-hydrogen) atoms. The van der Waals surface area contributed by atoms with Crippen molar-refractivity contribution in [1.82, 2.24) is 0 Å². The van der Waals surface area contributed by atoms with Crippen LogP contribution in [-0.2, 0) is 10.3 Å². The first kappa shape index (κ1) is 18.9. The van der Waals surface area contributed by atoms with Gasteiger partial charge in [0, 0.05) is 16.7 Å². The van der Waals surface area contributed by atoms with E-state index in [1.165, 1.54) is 0 Å². The van der Waals surface area contributed by atoms with E-state index < -0.39 is 5.60 Å². The second-order valence-corrected chi connectivity index (χ2v) is 8.26. The minimum absolute atomic E-state index is 0.324. The molecule has 0 aliphatic carbocycles. The number of ether oxygens (including phenoxy) is 1. The van der Waals surface area contributed by atoms with Crippen molar-refractivity contribution in [1.29, 1.82) is 0 Å². The number of cyclic esters (lactones) is 1. The zero-order chi connectivity index (χ0) is 21.9. The van der Waals surface area contributed by atoms with E-state index in [9.17, 15) is 4.79 Å². The first-order valence-corrected chi connectivity index (χ1v) is 10.5. The van der Waals surface area contributed by atoms with E-state index in [0.29, 0.717) is 16.5 Å². The van der Waals surface area contributed by atoms with Gasteiger partial charge in [-0.15, -0.1) is 0 Å². The summed E-state index contributed by atoms with van der Waals surface area (Å²) in [6.07, 6.45) is 0. The molecule has 0 fully saturated rings. The van der Waals surface area contributed by atoms with Gasteiger partial charge in [0.25, 0.3) is 0 Å². The van der Waals surface area contributed by atoms with Crippen LogP contribution < -0.4 is 10.9 Å². The summed E-state index contributed by atoms with van der Waals surface area (Å²) in [6, 6.07) is 31.5. The molecule has 1 aliphatic heterocycles. The number of benzene rings is 5. The highest BCUT2D eigenvalue weighted by Crippen LogP contribution is 2.47. The van der Waals surface area contributed by atoms with Crippen LogP contribution in [-0.4, -0.2) is 21.7 Å². The lowest BCUT2D eigenvalue weighted by Crippen LogP contribution is -2.29. The third kappa shape index (κ3) is 2.73. The van der Waals surface area contributed by atoms with Crippen LogP contribution in [0.5, 0.6) is 0 Å². The maximum absolute atomic E-state index is 13.0. The highest BCUT2D eigenvalue weighted by Gasteiger charge is 2.48. The summed E-state index contributed by atoms with van der Waals surface area (Å²) >= 11 is 0. The van der Waals surface area contributed by atoms with Crippen LogP contribution in [0.2, 0.25) is 0 Å². The van der Waals surface area contributed by atoms with Crippen LogP contribution >= 0.6 is 0 Å². The van der Waals surface area contributed by atoms with Crippen molar-refractivity contribution in [2.24, 2.45) is 0 Å². The molecule has 0 saturated carbocycles. The maximum atomic E-state index is 13.0. The predicted molar refractivity (Wildman–Crippen MR) is 130 cm³/mol. The van der Waals surface area contributed by atoms with E-state index in [1.54, 1.807) is 0 Å². The van der Waals surface area contributed by atoms with Crippen molar-refractivity contribution in [3.05, 3.63) is 119 Å². The second kappa shape index (κ2) is 6.86. The molecular weight excluding hydrogens is 390 g/mol. The molecule has 0 aromatic heterocycles. The van der Waals surface area contributed by atoms with Crippen LogP contribution in [0.4, 0.5) is 0 Å². The smallest absolute Gasteiger partial charge is 0.340 e. The third-order valence-electron chi connectivity index (χ3n) is 6.31. The lowest BCUT2D eigenvalue weighted by molar-refractivity contribution is 0.0252. The minimum atomic E-state index is -1.04. The molecule has 0 amide bonds. The van der Waals surface area contributed by atoms with Crippen molar-refractivity contribution in [2.75, 3.05) is 0 Å². The molecule has 4 heteroatoms. The van der Waals surface area contributed by atoms with E-state index in [2.05, 4.69) is 12.1 Å². The monoisotopic (exact) mass is 406 g/mol. The molecule has 6 rings (SSSR count). The lowest BCUT2D eigenvalue weighted by Gasteiger charge is -2.31. The van der Waals surface area contributed by atoms with Gasteiger partial charge in [-0.2, -0.15) is 0 Å². The summed E-state index contributed by atoms with van der Waals surface area (Å²) in [7, 11) is 11.9. The van der Waals surface area contributed by atoms with E-state index in [4.69, 9.17) is 20.4 Å². The van der Waals surface area contributed by atoms with Crippen LogP contribution in [0.3, 0.4) is 0 Å². The lowest BCUT2D eigenvalue weighted by atomic mass is 9.78. The minimum Gasteiger partial charge on any atom is -0.441 e. The fourth-order valence-electron chi connectivity index (χ4n) is 4.78.